The van der Waals surface area contributed by atoms with Gasteiger partial charge >= 0.3 is 0 Å². The summed E-state index contributed by atoms with van der Waals surface area (Å²) < 4.78 is 0. The highest BCUT2D eigenvalue weighted by atomic mass is 32.2. The highest BCUT2D eigenvalue weighted by molar-refractivity contribution is 7.99. The van der Waals surface area contributed by atoms with Crippen LogP contribution in [0.4, 0.5) is 5.82 Å². The molecule has 0 bridgehead atoms. The van der Waals surface area contributed by atoms with E-state index in [0.717, 1.165) is 28.6 Å². The summed E-state index contributed by atoms with van der Waals surface area (Å²) in [7, 11) is 0. The predicted molar refractivity (Wildman–Crippen MR) is 117 cm³/mol. The van der Waals surface area contributed by atoms with Gasteiger partial charge in [0, 0.05) is 17.3 Å². The molecular formula is C21H24N4OS2. The minimum Gasteiger partial charge on any atom is -0.383 e. The standard InChI is InChI=1S/C21H24N4OS2/c1-12-13(2)28-20-18(12)19(22)24-21(25-20)27-11-17(26)23-10-15-8-5-7-14-6-3-4-9-16(14)15/h3-4,6,9,15H,5,7-8,10-11H2,1-2H3,(H,23,26)(H2,22,24,25). The van der Waals surface area contributed by atoms with Crippen LogP contribution in [0.15, 0.2) is 29.4 Å². The van der Waals surface area contributed by atoms with Gasteiger partial charge in [0.15, 0.2) is 5.16 Å². The van der Waals surface area contributed by atoms with Gasteiger partial charge in [-0.05, 0) is 49.8 Å². The Balaban J connectivity index is 1.36. The number of fused-ring (bicyclic) bond motifs is 2. The molecule has 5 nitrogen and oxygen atoms in total. The van der Waals surface area contributed by atoms with Crippen LogP contribution >= 0.6 is 23.1 Å². The Morgan fingerprint density at radius 1 is 1.32 bits per heavy atom. The number of hydrogen-bond donors (Lipinski definition) is 2. The highest BCUT2D eigenvalue weighted by Crippen LogP contribution is 2.33. The van der Waals surface area contributed by atoms with E-state index in [1.807, 2.05) is 6.92 Å². The van der Waals surface area contributed by atoms with E-state index in [0.29, 0.717) is 29.2 Å². The number of nitrogens with one attached hydrogen (secondary N) is 1. The molecule has 146 valence electrons. The minimum absolute atomic E-state index is 0.00821. The van der Waals surface area contributed by atoms with Gasteiger partial charge in [0.25, 0.3) is 0 Å². The number of benzene rings is 1. The summed E-state index contributed by atoms with van der Waals surface area (Å²) in [4.78, 5) is 23.4. The largest absolute Gasteiger partial charge is 0.383 e. The molecule has 0 aliphatic heterocycles. The zero-order valence-corrected chi connectivity index (χ0v) is 17.8. The Hall–Kier alpha value is -2.12. The number of hydrogen-bond acceptors (Lipinski definition) is 6. The number of anilines is 1. The molecule has 1 atom stereocenters. The Labute approximate surface area is 173 Å². The number of carbonyl (C=O) groups is 1. The molecule has 0 saturated heterocycles. The summed E-state index contributed by atoms with van der Waals surface area (Å²) >= 11 is 2.96. The molecule has 1 aliphatic rings. The SMILES string of the molecule is Cc1sc2nc(SCC(=O)NCC3CCCc4ccccc43)nc(N)c2c1C. The van der Waals surface area contributed by atoms with Crippen LogP contribution in [0, 0.1) is 13.8 Å². The number of aromatic nitrogens is 2. The Bertz CT molecular complexity index is 1030. The molecule has 1 amide bonds. The van der Waals surface area contributed by atoms with Crippen LogP contribution in [-0.4, -0.2) is 28.2 Å². The second-order valence-electron chi connectivity index (χ2n) is 7.24. The van der Waals surface area contributed by atoms with Crippen molar-refractivity contribution in [2.24, 2.45) is 0 Å². The number of nitrogen functional groups attached to an aromatic ring is 1. The van der Waals surface area contributed by atoms with E-state index in [1.54, 1.807) is 11.3 Å². The number of thioether (sulfide) groups is 1. The maximum absolute atomic E-state index is 12.4. The lowest BCUT2D eigenvalue weighted by molar-refractivity contribution is -0.118. The van der Waals surface area contributed by atoms with Gasteiger partial charge in [-0.25, -0.2) is 9.97 Å². The molecule has 1 aliphatic carbocycles. The third-order valence-electron chi connectivity index (χ3n) is 5.41. The molecule has 7 heteroatoms. The molecule has 2 aromatic heterocycles. The van der Waals surface area contributed by atoms with Crippen LogP contribution in [0.1, 0.15) is 40.3 Å². The topological polar surface area (TPSA) is 80.9 Å². The van der Waals surface area contributed by atoms with Crippen molar-refractivity contribution in [2.45, 2.75) is 44.2 Å². The first kappa shape index (κ1) is 19.2. The Kier molecular flexibility index (Phi) is 5.55. The van der Waals surface area contributed by atoms with Gasteiger partial charge in [-0.2, -0.15) is 0 Å². The Morgan fingerprint density at radius 2 is 2.14 bits per heavy atom. The number of nitrogens with two attached hydrogens (primary N) is 1. The van der Waals surface area contributed by atoms with E-state index in [2.05, 4.69) is 46.5 Å². The Morgan fingerprint density at radius 3 is 3.00 bits per heavy atom. The van der Waals surface area contributed by atoms with Crippen LogP contribution in [0.25, 0.3) is 10.2 Å². The normalized spacial score (nSPS) is 16.1. The van der Waals surface area contributed by atoms with Crippen LogP contribution in [0.5, 0.6) is 0 Å². The first-order chi connectivity index (χ1) is 13.5. The lowest BCUT2D eigenvalue weighted by atomic mass is 9.83. The van der Waals surface area contributed by atoms with Crippen molar-refractivity contribution in [1.29, 1.82) is 0 Å². The molecule has 3 aromatic rings. The first-order valence-electron chi connectivity index (χ1n) is 9.53. The van der Waals surface area contributed by atoms with Gasteiger partial charge < -0.3 is 11.1 Å². The maximum Gasteiger partial charge on any atom is 0.230 e. The zero-order chi connectivity index (χ0) is 19.7. The molecule has 0 radical (unpaired) electrons. The summed E-state index contributed by atoms with van der Waals surface area (Å²) in [5.74, 6) is 1.20. The lowest BCUT2D eigenvalue weighted by Crippen LogP contribution is -2.31. The van der Waals surface area contributed by atoms with Gasteiger partial charge in [0.2, 0.25) is 5.91 Å². The summed E-state index contributed by atoms with van der Waals surface area (Å²) in [6.45, 7) is 4.78. The summed E-state index contributed by atoms with van der Waals surface area (Å²) in [5.41, 5.74) is 10.1. The predicted octanol–water partition coefficient (Wildman–Crippen LogP) is 4.22. The molecule has 0 saturated carbocycles. The van der Waals surface area contributed by atoms with Crippen molar-refractivity contribution in [3.05, 3.63) is 45.8 Å². The van der Waals surface area contributed by atoms with E-state index in [4.69, 9.17) is 5.73 Å². The number of aryl methyl sites for hydroxylation is 3. The van der Waals surface area contributed by atoms with Crippen molar-refractivity contribution in [3.63, 3.8) is 0 Å². The second-order valence-corrected chi connectivity index (χ2v) is 9.38. The van der Waals surface area contributed by atoms with Crippen LogP contribution in [0.2, 0.25) is 0 Å². The van der Waals surface area contributed by atoms with Gasteiger partial charge in [0.05, 0.1) is 11.1 Å². The van der Waals surface area contributed by atoms with Crippen molar-refractivity contribution in [2.75, 3.05) is 18.0 Å². The maximum atomic E-state index is 12.4. The van der Waals surface area contributed by atoms with Gasteiger partial charge in [0.1, 0.15) is 10.6 Å². The molecule has 28 heavy (non-hydrogen) atoms. The molecule has 3 N–H and O–H groups in total. The molecule has 0 spiro atoms. The van der Waals surface area contributed by atoms with E-state index in [1.165, 1.54) is 34.2 Å². The lowest BCUT2D eigenvalue weighted by Gasteiger charge is -2.25. The number of rotatable bonds is 5. The van der Waals surface area contributed by atoms with E-state index in [-0.39, 0.29) is 5.91 Å². The second kappa shape index (κ2) is 8.09. The van der Waals surface area contributed by atoms with Gasteiger partial charge in [-0.3, -0.25) is 4.79 Å². The van der Waals surface area contributed by atoms with Crippen molar-refractivity contribution >= 4 is 45.0 Å². The van der Waals surface area contributed by atoms with E-state index in [9.17, 15) is 4.79 Å². The average Bonchev–Trinajstić information content (AvgIpc) is 2.98. The van der Waals surface area contributed by atoms with Crippen molar-refractivity contribution < 1.29 is 4.79 Å². The molecule has 1 unspecified atom stereocenters. The first-order valence-corrected chi connectivity index (χ1v) is 11.3. The summed E-state index contributed by atoms with van der Waals surface area (Å²) in [6.07, 6.45) is 3.44. The number of amides is 1. The fourth-order valence-corrected chi connectivity index (χ4v) is 5.59. The third kappa shape index (κ3) is 3.86. The average molecular weight is 413 g/mol. The zero-order valence-electron chi connectivity index (χ0n) is 16.1. The van der Waals surface area contributed by atoms with Gasteiger partial charge in [-0.1, -0.05) is 36.0 Å². The van der Waals surface area contributed by atoms with E-state index >= 15 is 0 Å². The smallest absolute Gasteiger partial charge is 0.230 e. The monoisotopic (exact) mass is 412 g/mol. The quantitative estimate of drug-likeness (QED) is 0.484. The molecular weight excluding hydrogens is 388 g/mol. The third-order valence-corrected chi connectivity index (χ3v) is 7.36. The number of thiophene rings is 1. The molecule has 0 fully saturated rings. The van der Waals surface area contributed by atoms with Crippen LogP contribution in [-0.2, 0) is 11.2 Å². The fraction of sp³-hybridized carbons (Fsp3) is 0.381. The van der Waals surface area contributed by atoms with Crippen molar-refractivity contribution in [1.82, 2.24) is 15.3 Å². The number of carbonyl (C=O) groups excluding carboxylic acids is 1. The highest BCUT2D eigenvalue weighted by Gasteiger charge is 2.20. The molecule has 1 aromatic carbocycles. The fourth-order valence-electron chi connectivity index (χ4n) is 3.81. The van der Waals surface area contributed by atoms with E-state index < -0.39 is 0 Å². The van der Waals surface area contributed by atoms with Crippen LogP contribution < -0.4 is 11.1 Å². The molecule has 2 heterocycles. The minimum atomic E-state index is 0.00821. The van der Waals surface area contributed by atoms with Crippen molar-refractivity contribution in [3.8, 4) is 0 Å². The summed E-state index contributed by atoms with van der Waals surface area (Å²) in [6, 6.07) is 8.57. The number of nitrogens with zero attached hydrogens (tertiary/aromatic N) is 2. The van der Waals surface area contributed by atoms with Crippen LogP contribution in [0.3, 0.4) is 0 Å². The van der Waals surface area contributed by atoms with Gasteiger partial charge in [-0.15, -0.1) is 11.3 Å². The summed E-state index contributed by atoms with van der Waals surface area (Å²) in [5, 5.41) is 4.58. The molecule has 4 rings (SSSR count).